The van der Waals surface area contributed by atoms with E-state index in [1.807, 2.05) is 11.8 Å². The number of rotatable bonds is 4. The van der Waals surface area contributed by atoms with Crippen LogP contribution in [0.4, 0.5) is 10.7 Å². The second-order valence-corrected chi connectivity index (χ2v) is 8.09. The SMILES string of the molecule is C[C@@H]1CCCC[C@H]1N1C(=O)C(=O)N(CC(=O)N2CCN(c3ncccn3)CC2)C1=O. The average Bonchev–Trinajstić information content (AvgIpc) is 2.98. The highest BCUT2D eigenvalue weighted by Crippen LogP contribution is 2.31. The third-order valence-electron chi connectivity index (χ3n) is 6.24. The van der Waals surface area contributed by atoms with Crippen molar-refractivity contribution in [2.45, 2.75) is 38.6 Å². The minimum atomic E-state index is -0.901. The normalized spacial score (nSPS) is 25.3. The second-order valence-electron chi connectivity index (χ2n) is 8.09. The van der Waals surface area contributed by atoms with Gasteiger partial charge in [0.1, 0.15) is 6.54 Å². The van der Waals surface area contributed by atoms with E-state index in [9.17, 15) is 19.2 Å². The van der Waals surface area contributed by atoms with Crippen LogP contribution in [0.5, 0.6) is 0 Å². The molecule has 5 amide bonds. The Morgan fingerprint density at radius 3 is 2.33 bits per heavy atom. The smallest absolute Gasteiger partial charge is 0.334 e. The number of carbonyl (C=O) groups excluding carboxylic acids is 4. The second kappa shape index (κ2) is 8.37. The molecule has 0 unspecified atom stereocenters. The van der Waals surface area contributed by atoms with E-state index in [-0.39, 0.29) is 17.9 Å². The van der Waals surface area contributed by atoms with E-state index in [1.165, 1.54) is 0 Å². The molecule has 3 fully saturated rings. The summed E-state index contributed by atoms with van der Waals surface area (Å²) >= 11 is 0. The highest BCUT2D eigenvalue weighted by molar-refractivity contribution is 6.45. The van der Waals surface area contributed by atoms with E-state index >= 15 is 0 Å². The molecule has 10 heteroatoms. The highest BCUT2D eigenvalue weighted by Gasteiger charge is 2.49. The first kappa shape index (κ1) is 20.2. The quantitative estimate of drug-likeness (QED) is 0.521. The molecule has 30 heavy (non-hydrogen) atoms. The van der Waals surface area contributed by atoms with E-state index in [0.29, 0.717) is 38.5 Å². The molecule has 2 aliphatic heterocycles. The van der Waals surface area contributed by atoms with E-state index in [0.717, 1.165) is 29.1 Å². The molecule has 1 saturated carbocycles. The van der Waals surface area contributed by atoms with Gasteiger partial charge in [0.15, 0.2) is 0 Å². The van der Waals surface area contributed by atoms with Crippen molar-refractivity contribution in [3.8, 4) is 0 Å². The molecule has 0 spiro atoms. The molecule has 0 radical (unpaired) electrons. The molecule has 1 aromatic rings. The molecule has 160 valence electrons. The fourth-order valence-electron chi connectivity index (χ4n) is 4.48. The number of amides is 5. The van der Waals surface area contributed by atoms with Crippen molar-refractivity contribution in [1.29, 1.82) is 0 Å². The summed E-state index contributed by atoms with van der Waals surface area (Å²) in [6.45, 7) is 3.58. The molecule has 1 aliphatic carbocycles. The maximum absolute atomic E-state index is 12.8. The van der Waals surface area contributed by atoms with Crippen molar-refractivity contribution >= 4 is 29.7 Å². The van der Waals surface area contributed by atoms with Crippen LogP contribution in [-0.4, -0.2) is 87.2 Å². The van der Waals surface area contributed by atoms with Crippen molar-refractivity contribution in [3.05, 3.63) is 18.5 Å². The predicted octanol–water partition coefficient (Wildman–Crippen LogP) is 0.495. The van der Waals surface area contributed by atoms with E-state index in [1.54, 1.807) is 23.4 Å². The Balaban J connectivity index is 1.37. The van der Waals surface area contributed by atoms with Crippen molar-refractivity contribution in [2.24, 2.45) is 5.92 Å². The van der Waals surface area contributed by atoms with Crippen molar-refractivity contribution in [2.75, 3.05) is 37.6 Å². The van der Waals surface area contributed by atoms with Gasteiger partial charge in [-0.05, 0) is 24.8 Å². The van der Waals surface area contributed by atoms with Crippen LogP contribution in [0.1, 0.15) is 32.6 Å². The van der Waals surface area contributed by atoms with Crippen molar-refractivity contribution in [3.63, 3.8) is 0 Å². The van der Waals surface area contributed by atoms with Gasteiger partial charge in [0.05, 0.1) is 0 Å². The molecule has 2 atom stereocenters. The van der Waals surface area contributed by atoms with Gasteiger partial charge in [0.2, 0.25) is 11.9 Å². The van der Waals surface area contributed by atoms with Crippen LogP contribution in [0.25, 0.3) is 0 Å². The molecule has 0 N–H and O–H groups in total. The summed E-state index contributed by atoms with van der Waals surface area (Å²) in [6, 6.07) is 0.817. The zero-order valence-corrected chi connectivity index (χ0v) is 17.1. The van der Waals surface area contributed by atoms with Crippen LogP contribution in [0.15, 0.2) is 18.5 Å². The summed E-state index contributed by atoms with van der Waals surface area (Å²) in [5.74, 6) is -1.28. The first-order valence-electron chi connectivity index (χ1n) is 10.5. The molecular formula is C20H26N6O4. The van der Waals surface area contributed by atoms with Crippen LogP contribution in [0.3, 0.4) is 0 Å². The van der Waals surface area contributed by atoms with Gasteiger partial charge < -0.3 is 9.80 Å². The number of imide groups is 2. The number of hydrogen-bond acceptors (Lipinski definition) is 7. The minimum Gasteiger partial charge on any atom is -0.338 e. The van der Waals surface area contributed by atoms with Gasteiger partial charge in [0, 0.05) is 44.6 Å². The number of hydrogen-bond donors (Lipinski definition) is 0. The Morgan fingerprint density at radius 1 is 1.00 bits per heavy atom. The van der Waals surface area contributed by atoms with Crippen LogP contribution < -0.4 is 4.90 Å². The van der Waals surface area contributed by atoms with Crippen LogP contribution >= 0.6 is 0 Å². The topological polar surface area (TPSA) is 107 Å². The van der Waals surface area contributed by atoms with Crippen molar-refractivity contribution < 1.29 is 19.2 Å². The number of urea groups is 1. The standard InChI is InChI=1S/C20H26N6O4/c1-14-5-2-3-6-15(14)26-18(29)17(28)25(20(26)30)13-16(27)23-9-11-24(12-10-23)19-21-7-4-8-22-19/h4,7-8,14-15H,2-3,5-6,9-13H2,1H3/t14-,15-/m1/s1. The Hall–Kier alpha value is -3.04. The number of aromatic nitrogens is 2. The van der Waals surface area contributed by atoms with Gasteiger partial charge in [-0.25, -0.2) is 19.7 Å². The zero-order chi connectivity index (χ0) is 21.3. The summed E-state index contributed by atoms with van der Waals surface area (Å²) in [5, 5.41) is 0. The average molecular weight is 414 g/mol. The van der Waals surface area contributed by atoms with Gasteiger partial charge >= 0.3 is 17.8 Å². The fourth-order valence-corrected chi connectivity index (χ4v) is 4.48. The monoisotopic (exact) mass is 414 g/mol. The molecule has 3 heterocycles. The molecule has 4 rings (SSSR count). The lowest BCUT2D eigenvalue weighted by Gasteiger charge is -2.35. The molecule has 0 aromatic carbocycles. The highest BCUT2D eigenvalue weighted by atomic mass is 16.2. The Morgan fingerprint density at radius 2 is 1.67 bits per heavy atom. The van der Waals surface area contributed by atoms with Gasteiger partial charge in [-0.2, -0.15) is 0 Å². The molecule has 2 saturated heterocycles. The number of carbonyl (C=O) groups is 4. The van der Waals surface area contributed by atoms with Gasteiger partial charge in [-0.1, -0.05) is 19.8 Å². The maximum Gasteiger partial charge on any atom is 0.334 e. The number of piperazine rings is 1. The van der Waals surface area contributed by atoms with Crippen LogP contribution in [-0.2, 0) is 14.4 Å². The van der Waals surface area contributed by atoms with Crippen molar-refractivity contribution in [1.82, 2.24) is 24.7 Å². The molecule has 3 aliphatic rings. The van der Waals surface area contributed by atoms with Gasteiger partial charge in [-0.15, -0.1) is 0 Å². The predicted molar refractivity (Wildman–Crippen MR) is 106 cm³/mol. The summed E-state index contributed by atoms with van der Waals surface area (Å²) in [4.78, 5) is 64.4. The molecule has 10 nitrogen and oxygen atoms in total. The van der Waals surface area contributed by atoms with E-state index in [4.69, 9.17) is 0 Å². The Kier molecular flexibility index (Phi) is 5.65. The molecular weight excluding hydrogens is 388 g/mol. The molecule has 0 bridgehead atoms. The van der Waals surface area contributed by atoms with E-state index < -0.39 is 24.4 Å². The molecule has 1 aromatic heterocycles. The van der Waals surface area contributed by atoms with Gasteiger partial charge in [0.25, 0.3) is 0 Å². The Bertz CT molecular complexity index is 839. The third-order valence-corrected chi connectivity index (χ3v) is 6.24. The largest absolute Gasteiger partial charge is 0.338 e. The maximum atomic E-state index is 12.8. The number of anilines is 1. The minimum absolute atomic E-state index is 0.156. The van der Waals surface area contributed by atoms with Crippen LogP contribution in [0.2, 0.25) is 0 Å². The summed E-state index contributed by atoms with van der Waals surface area (Å²) in [5.41, 5.74) is 0. The lowest BCUT2D eigenvalue weighted by Crippen LogP contribution is -2.52. The van der Waals surface area contributed by atoms with Gasteiger partial charge in [-0.3, -0.25) is 19.3 Å². The summed E-state index contributed by atoms with van der Waals surface area (Å²) < 4.78 is 0. The van der Waals surface area contributed by atoms with E-state index in [2.05, 4.69) is 9.97 Å². The lowest BCUT2D eigenvalue weighted by molar-refractivity contribution is -0.146. The third kappa shape index (κ3) is 3.73. The fraction of sp³-hybridized carbons (Fsp3) is 0.600. The summed E-state index contributed by atoms with van der Waals surface area (Å²) in [6.07, 6.45) is 6.95. The summed E-state index contributed by atoms with van der Waals surface area (Å²) in [7, 11) is 0. The van der Waals surface area contributed by atoms with Crippen LogP contribution in [0, 0.1) is 5.92 Å². The Labute approximate surface area is 174 Å². The first-order chi connectivity index (χ1) is 14.5. The lowest BCUT2D eigenvalue weighted by atomic mass is 9.85. The first-order valence-corrected chi connectivity index (χ1v) is 10.5. The zero-order valence-electron chi connectivity index (χ0n) is 17.1. The number of nitrogens with zero attached hydrogens (tertiary/aromatic N) is 6.